The van der Waals surface area contributed by atoms with Crippen molar-refractivity contribution in [3.63, 3.8) is 0 Å². The van der Waals surface area contributed by atoms with Crippen LogP contribution in [0.25, 0.3) is 0 Å². The lowest BCUT2D eigenvalue weighted by atomic mass is 9.95. The summed E-state index contributed by atoms with van der Waals surface area (Å²) in [6.45, 7) is 0.644. The molecule has 2 rings (SSSR count). The number of likely N-dealkylation sites (N-methyl/N-ethyl adjacent to an activating group) is 1. The highest BCUT2D eigenvalue weighted by Gasteiger charge is 2.34. The first-order valence-electron chi connectivity index (χ1n) is 6.65. The van der Waals surface area contributed by atoms with Crippen LogP contribution in [-0.4, -0.2) is 26.1 Å². The van der Waals surface area contributed by atoms with E-state index in [4.69, 9.17) is 4.74 Å². The van der Waals surface area contributed by atoms with Crippen LogP contribution in [0.2, 0.25) is 0 Å². The molecule has 0 bridgehead atoms. The third-order valence-electron chi connectivity index (χ3n) is 3.38. The fourth-order valence-electron chi connectivity index (χ4n) is 2.53. The summed E-state index contributed by atoms with van der Waals surface area (Å²) in [6, 6.07) is 5.88. The molecule has 1 saturated heterocycles. The maximum Gasteiger partial charge on any atom is 0.573 e. The largest absolute Gasteiger partial charge is 0.573 e. The predicted octanol–water partition coefficient (Wildman–Crippen LogP) is 3.41. The number of para-hydroxylation sites is 1. The van der Waals surface area contributed by atoms with Crippen LogP contribution in [0.1, 0.15) is 30.9 Å². The maximum absolute atomic E-state index is 12.5. The molecule has 1 heterocycles. The van der Waals surface area contributed by atoms with Gasteiger partial charge in [0.05, 0.1) is 12.1 Å². The zero-order valence-corrected chi connectivity index (χ0v) is 11.2. The molecular formula is C14H18F3NO2. The molecule has 2 atom stereocenters. The summed E-state index contributed by atoms with van der Waals surface area (Å²) < 4.78 is 47.2. The summed E-state index contributed by atoms with van der Waals surface area (Å²) >= 11 is 0. The van der Waals surface area contributed by atoms with Gasteiger partial charge in [-0.1, -0.05) is 18.2 Å². The smallest absolute Gasteiger partial charge is 0.405 e. The molecule has 1 N–H and O–H groups in total. The van der Waals surface area contributed by atoms with E-state index in [1.165, 1.54) is 12.1 Å². The van der Waals surface area contributed by atoms with Crippen molar-refractivity contribution in [2.24, 2.45) is 0 Å². The third-order valence-corrected chi connectivity index (χ3v) is 3.38. The average molecular weight is 289 g/mol. The first kappa shape index (κ1) is 15.1. The van der Waals surface area contributed by atoms with E-state index in [1.54, 1.807) is 19.2 Å². The van der Waals surface area contributed by atoms with E-state index in [0.717, 1.165) is 19.3 Å². The summed E-state index contributed by atoms with van der Waals surface area (Å²) in [7, 11) is 1.72. The molecule has 0 radical (unpaired) electrons. The predicted molar refractivity (Wildman–Crippen MR) is 68.5 cm³/mol. The van der Waals surface area contributed by atoms with E-state index in [1.807, 2.05) is 0 Å². The molecule has 1 aromatic rings. The quantitative estimate of drug-likeness (QED) is 0.921. The standard InChI is InChI=1S/C14H18F3NO2/c1-18-13(12-8-4-5-9-19-12)10-6-2-3-7-11(10)20-14(15,16)17/h2-3,6-7,12-13,18H,4-5,8-9H2,1H3. The Balaban J connectivity index is 2.24. The Kier molecular flexibility index (Phi) is 4.88. The minimum atomic E-state index is -4.69. The number of rotatable bonds is 4. The minimum Gasteiger partial charge on any atom is -0.405 e. The van der Waals surface area contributed by atoms with Crippen LogP contribution >= 0.6 is 0 Å². The summed E-state index contributed by atoms with van der Waals surface area (Å²) in [5.41, 5.74) is 0.472. The molecule has 20 heavy (non-hydrogen) atoms. The van der Waals surface area contributed by atoms with Crippen molar-refractivity contribution in [3.8, 4) is 5.75 Å². The van der Waals surface area contributed by atoms with Crippen LogP contribution in [0.15, 0.2) is 24.3 Å². The second-order valence-corrected chi connectivity index (χ2v) is 4.76. The van der Waals surface area contributed by atoms with E-state index < -0.39 is 6.36 Å². The summed E-state index contributed by atoms with van der Waals surface area (Å²) in [5.74, 6) is -0.173. The Morgan fingerprint density at radius 2 is 2.05 bits per heavy atom. The van der Waals surface area contributed by atoms with Gasteiger partial charge in [-0.3, -0.25) is 0 Å². The van der Waals surface area contributed by atoms with Crippen molar-refractivity contribution in [1.82, 2.24) is 5.32 Å². The fraction of sp³-hybridized carbons (Fsp3) is 0.571. The molecule has 1 fully saturated rings. The molecule has 0 spiro atoms. The first-order valence-corrected chi connectivity index (χ1v) is 6.65. The van der Waals surface area contributed by atoms with Crippen LogP contribution in [0.3, 0.4) is 0 Å². The molecular weight excluding hydrogens is 271 g/mol. The summed E-state index contributed by atoms with van der Waals surface area (Å²) in [4.78, 5) is 0. The lowest BCUT2D eigenvalue weighted by molar-refractivity contribution is -0.275. The highest BCUT2D eigenvalue weighted by Crippen LogP contribution is 2.34. The van der Waals surface area contributed by atoms with Crippen LogP contribution in [0.4, 0.5) is 13.2 Å². The molecule has 6 heteroatoms. The number of alkyl halides is 3. The maximum atomic E-state index is 12.5. The normalized spacial score (nSPS) is 21.5. The second-order valence-electron chi connectivity index (χ2n) is 4.76. The summed E-state index contributed by atoms with van der Waals surface area (Å²) in [6.07, 6.45) is -1.99. The Hall–Kier alpha value is -1.27. The van der Waals surface area contributed by atoms with Crippen LogP contribution in [0.5, 0.6) is 5.75 Å². The Labute approximate surface area is 116 Å². The van der Waals surface area contributed by atoms with E-state index in [2.05, 4.69) is 10.1 Å². The number of halogens is 3. The minimum absolute atomic E-state index is 0.133. The molecule has 0 aromatic heterocycles. The fourth-order valence-corrected chi connectivity index (χ4v) is 2.53. The van der Waals surface area contributed by atoms with Gasteiger partial charge in [-0.15, -0.1) is 13.2 Å². The first-order chi connectivity index (χ1) is 9.51. The SMILES string of the molecule is CNC(c1ccccc1OC(F)(F)F)C1CCCCO1. The molecule has 3 nitrogen and oxygen atoms in total. The number of hydrogen-bond acceptors (Lipinski definition) is 3. The zero-order valence-electron chi connectivity index (χ0n) is 11.2. The van der Waals surface area contributed by atoms with E-state index in [-0.39, 0.29) is 17.9 Å². The molecule has 0 aliphatic carbocycles. The second kappa shape index (κ2) is 6.45. The number of ether oxygens (including phenoxy) is 2. The molecule has 0 amide bonds. The molecule has 1 aliphatic heterocycles. The van der Waals surface area contributed by atoms with Gasteiger partial charge in [0.25, 0.3) is 0 Å². The van der Waals surface area contributed by atoms with Crippen LogP contribution in [-0.2, 0) is 4.74 Å². The van der Waals surface area contributed by atoms with Crippen molar-refractivity contribution in [3.05, 3.63) is 29.8 Å². The van der Waals surface area contributed by atoms with Gasteiger partial charge in [0, 0.05) is 12.2 Å². The number of nitrogens with one attached hydrogen (secondary N) is 1. The summed E-state index contributed by atoms with van der Waals surface area (Å²) in [5, 5.41) is 3.04. The molecule has 1 aliphatic rings. The zero-order chi connectivity index (χ0) is 14.6. The van der Waals surface area contributed by atoms with Gasteiger partial charge < -0.3 is 14.8 Å². The number of benzene rings is 1. The van der Waals surface area contributed by atoms with Gasteiger partial charge >= 0.3 is 6.36 Å². The van der Waals surface area contributed by atoms with E-state index in [0.29, 0.717) is 12.2 Å². The lowest BCUT2D eigenvalue weighted by Gasteiger charge is -2.31. The van der Waals surface area contributed by atoms with E-state index >= 15 is 0 Å². The lowest BCUT2D eigenvalue weighted by Crippen LogP contribution is -2.34. The average Bonchev–Trinajstić information content (AvgIpc) is 2.41. The van der Waals surface area contributed by atoms with Crippen molar-refractivity contribution in [2.75, 3.05) is 13.7 Å². The van der Waals surface area contributed by atoms with Gasteiger partial charge in [-0.2, -0.15) is 0 Å². The van der Waals surface area contributed by atoms with Crippen LogP contribution in [0, 0.1) is 0 Å². The van der Waals surface area contributed by atoms with Crippen molar-refractivity contribution in [1.29, 1.82) is 0 Å². The monoisotopic (exact) mass is 289 g/mol. The molecule has 2 unspecified atom stereocenters. The van der Waals surface area contributed by atoms with Crippen molar-refractivity contribution >= 4 is 0 Å². The Morgan fingerprint density at radius 1 is 1.30 bits per heavy atom. The molecule has 112 valence electrons. The number of hydrogen-bond donors (Lipinski definition) is 1. The third kappa shape index (κ3) is 3.86. The van der Waals surface area contributed by atoms with Crippen molar-refractivity contribution in [2.45, 2.75) is 37.8 Å². The molecule has 0 saturated carbocycles. The highest BCUT2D eigenvalue weighted by atomic mass is 19.4. The van der Waals surface area contributed by atoms with E-state index in [9.17, 15) is 13.2 Å². The molecule has 1 aromatic carbocycles. The Bertz CT molecular complexity index is 431. The van der Waals surface area contributed by atoms with Gasteiger partial charge in [0.15, 0.2) is 0 Å². The Morgan fingerprint density at radius 3 is 2.65 bits per heavy atom. The van der Waals surface area contributed by atoms with Crippen LogP contribution < -0.4 is 10.1 Å². The van der Waals surface area contributed by atoms with Gasteiger partial charge in [0.1, 0.15) is 5.75 Å². The van der Waals surface area contributed by atoms with Crippen molar-refractivity contribution < 1.29 is 22.6 Å². The van der Waals surface area contributed by atoms with Gasteiger partial charge in [-0.25, -0.2) is 0 Å². The van der Waals surface area contributed by atoms with Gasteiger partial charge in [-0.05, 0) is 32.4 Å². The van der Waals surface area contributed by atoms with Gasteiger partial charge in [0.2, 0.25) is 0 Å². The topological polar surface area (TPSA) is 30.5 Å². The highest BCUT2D eigenvalue weighted by molar-refractivity contribution is 5.36.